The number of rotatable bonds is 2. The molecule has 1 aliphatic heterocycles. The van der Waals surface area contributed by atoms with Crippen LogP contribution in [0.3, 0.4) is 0 Å². The van der Waals surface area contributed by atoms with E-state index in [1.807, 2.05) is 0 Å². The minimum atomic E-state index is -1.83. The Morgan fingerprint density at radius 1 is 0.903 bits per heavy atom. The van der Waals surface area contributed by atoms with Crippen LogP contribution < -0.4 is 4.57 Å². The molecule has 1 saturated carbocycles. The van der Waals surface area contributed by atoms with Crippen molar-refractivity contribution in [2.24, 2.45) is 17.8 Å². The predicted octanol–water partition coefficient (Wildman–Crippen LogP) is 9.28. The fourth-order valence-corrected chi connectivity index (χ4v) is 9.80. The van der Waals surface area contributed by atoms with E-state index in [2.05, 4.69) is 97.4 Å². The molecule has 3 aliphatic rings. The third kappa shape index (κ3) is 4.58. The average Bonchev–Trinajstić information content (AvgIpc) is 3.10. The summed E-state index contributed by atoms with van der Waals surface area (Å²) < 4.78 is 2.70. The Labute approximate surface area is 205 Å². The second-order valence-corrected chi connectivity index (χ2v) is 16.0. The summed E-state index contributed by atoms with van der Waals surface area (Å²) in [5.74, 6) is 2.13. The Kier molecular flexibility index (Phi) is 8.21. The monoisotopic (exact) mass is 504 g/mol. The second-order valence-electron chi connectivity index (χ2n) is 8.89. The molecule has 0 aromatic heterocycles. The summed E-state index contributed by atoms with van der Waals surface area (Å²) in [4.78, 5) is 0. The van der Waals surface area contributed by atoms with Gasteiger partial charge in [-0.25, -0.2) is 0 Å². The maximum atomic E-state index is 4.95. The third-order valence-corrected chi connectivity index (χ3v) is 11.0. The molecule has 1 fully saturated rings. The molecule has 0 radical (unpaired) electrons. The van der Waals surface area contributed by atoms with E-state index in [0.717, 1.165) is 22.8 Å². The number of anilines is 2. The van der Waals surface area contributed by atoms with E-state index in [0.29, 0.717) is 11.8 Å². The zero-order chi connectivity index (χ0) is 21.3. The standard InChI is InChI=1S/C24H27N2Si.CH3.2ClH.Ti/c1-17-16-24(19-11-5-4-10-18(17)19)27(2,3)26-22-14-8-6-12-20(22)25-21-13-7-9-15-23(21)26;;;;/h4-15,17-19,24H,16H2,1-3H3;1H3;2*1H;/q2*-1;;;+2/p-2/t17-,18-,19-,24?;;;;/m0..../s1. The first kappa shape index (κ1) is 24.7. The van der Waals surface area contributed by atoms with Gasteiger partial charge in [-0.1, -0.05) is 80.7 Å². The van der Waals surface area contributed by atoms with E-state index in [-0.39, 0.29) is 7.43 Å². The van der Waals surface area contributed by atoms with Crippen molar-refractivity contribution < 1.29 is 17.0 Å². The summed E-state index contributed by atoms with van der Waals surface area (Å²) in [5, 5.41) is 4.95. The van der Waals surface area contributed by atoms with Gasteiger partial charge in [0.15, 0.2) is 8.24 Å². The van der Waals surface area contributed by atoms with Crippen molar-refractivity contribution in [1.82, 2.24) is 0 Å². The summed E-state index contributed by atoms with van der Waals surface area (Å²) >= 11 is -0.556. The van der Waals surface area contributed by atoms with Crippen molar-refractivity contribution in [2.45, 2.75) is 32.0 Å². The number of para-hydroxylation sites is 4. The van der Waals surface area contributed by atoms with Crippen LogP contribution in [0.25, 0.3) is 5.32 Å². The van der Waals surface area contributed by atoms with E-state index in [1.54, 1.807) is 0 Å². The van der Waals surface area contributed by atoms with Crippen LogP contribution in [0.4, 0.5) is 22.7 Å². The van der Waals surface area contributed by atoms with Crippen molar-refractivity contribution in [2.75, 3.05) is 4.57 Å². The zero-order valence-corrected chi connectivity index (χ0v) is 22.7. The van der Waals surface area contributed by atoms with Gasteiger partial charge < -0.3 is 17.3 Å². The molecule has 2 aromatic rings. The molecule has 2 aromatic carbocycles. The van der Waals surface area contributed by atoms with Gasteiger partial charge in [0.25, 0.3) is 0 Å². The Morgan fingerprint density at radius 3 is 1.94 bits per heavy atom. The molecule has 0 spiro atoms. The maximum absolute atomic E-state index is 4.95. The molecule has 2 aliphatic carbocycles. The fraction of sp³-hybridized carbons (Fsp3) is 0.320. The molecule has 0 bridgehead atoms. The molecule has 1 heterocycles. The van der Waals surface area contributed by atoms with Gasteiger partial charge in [0.05, 0.1) is 0 Å². The summed E-state index contributed by atoms with van der Waals surface area (Å²) in [6, 6.07) is 17.4. The van der Waals surface area contributed by atoms with E-state index >= 15 is 0 Å². The fourth-order valence-electron chi connectivity index (χ4n) is 5.63. The van der Waals surface area contributed by atoms with Gasteiger partial charge in [-0.05, 0) is 41.8 Å². The van der Waals surface area contributed by atoms with Gasteiger partial charge in [-0.15, -0.1) is 11.4 Å². The van der Waals surface area contributed by atoms with Crippen molar-refractivity contribution in [3.8, 4) is 0 Å². The van der Waals surface area contributed by atoms with Gasteiger partial charge >= 0.3 is 35.6 Å². The van der Waals surface area contributed by atoms with Crippen LogP contribution >= 0.6 is 18.6 Å². The average molecular weight is 505 g/mol. The Morgan fingerprint density at radius 2 is 1.39 bits per heavy atom. The number of halogens is 2. The second kappa shape index (κ2) is 10.3. The minimum absolute atomic E-state index is 0. The summed E-state index contributed by atoms with van der Waals surface area (Å²) in [7, 11) is 7.94. The predicted molar refractivity (Wildman–Crippen MR) is 136 cm³/mol. The van der Waals surface area contributed by atoms with Gasteiger partial charge in [0, 0.05) is 11.4 Å². The van der Waals surface area contributed by atoms with Crippen LogP contribution in [-0.2, 0) is 17.0 Å². The van der Waals surface area contributed by atoms with Crippen LogP contribution in [0.5, 0.6) is 0 Å². The van der Waals surface area contributed by atoms with Crippen LogP contribution in [-0.4, -0.2) is 8.24 Å². The Bertz CT molecular complexity index is 917. The van der Waals surface area contributed by atoms with E-state index in [1.165, 1.54) is 17.8 Å². The first-order valence-corrected chi connectivity index (χ1v) is 17.8. The molecule has 0 saturated heterocycles. The van der Waals surface area contributed by atoms with E-state index in [9.17, 15) is 0 Å². The summed E-state index contributed by atoms with van der Waals surface area (Å²) in [6.07, 6.45) is 10.8. The summed E-state index contributed by atoms with van der Waals surface area (Å²) in [6.45, 7) is 7.58. The van der Waals surface area contributed by atoms with Crippen LogP contribution in [0.15, 0.2) is 72.8 Å². The van der Waals surface area contributed by atoms with Gasteiger partial charge in [-0.3, -0.25) is 0 Å². The van der Waals surface area contributed by atoms with Crippen molar-refractivity contribution in [3.05, 3.63) is 85.6 Å². The molecule has 0 N–H and O–H groups in total. The number of allylic oxidation sites excluding steroid dienone is 4. The molecular formula is C25H30Cl2N2SiTi-2. The third-order valence-electron chi connectivity index (χ3n) is 6.94. The molecular weight excluding hydrogens is 475 g/mol. The molecule has 1 unspecified atom stereocenters. The molecule has 0 amide bonds. The quantitative estimate of drug-likeness (QED) is 0.294. The van der Waals surface area contributed by atoms with Crippen LogP contribution in [0.1, 0.15) is 13.3 Å². The number of benzene rings is 2. The summed E-state index contributed by atoms with van der Waals surface area (Å²) in [5.41, 5.74) is 5.54. The van der Waals surface area contributed by atoms with Crippen LogP contribution in [0.2, 0.25) is 18.6 Å². The molecule has 4 atom stereocenters. The first-order chi connectivity index (χ1) is 14.5. The number of nitrogens with zero attached hydrogens (tertiary/aromatic N) is 2. The topological polar surface area (TPSA) is 17.3 Å². The molecule has 6 heteroatoms. The zero-order valence-electron chi connectivity index (χ0n) is 18.6. The van der Waals surface area contributed by atoms with Gasteiger partial charge in [0.2, 0.25) is 0 Å². The number of hydrogen-bond acceptors (Lipinski definition) is 1. The van der Waals surface area contributed by atoms with Crippen molar-refractivity contribution >= 4 is 49.6 Å². The number of hydrogen-bond donors (Lipinski definition) is 0. The van der Waals surface area contributed by atoms with Gasteiger partial charge in [0.1, 0.15) is 0 Å². The first-order valence-electron chi connectivity index (χ1n) is 10.5. The van der Waals surface area contributed by atoms with E-state index < -0.39 is 25.3 Å². The van der Waals surface area contributed by atoms with Crippen LogP contribution in [0, 0.1) is 25.2 Å². The molecule has 31 heavy (non-hydrogen) atoms. The SMILES string of the molecule is C[C@H]1CC([Si](C)(C)N2c3ccccc3[N-]c3ccccc32)[C@H]2C=CC=C[C@H]21.[CH3-].[Cl][Ti][Cl]. The Balaban J connectivity index is 0.000000645. The molecule has 164 valence electrons. The molecule has 5 rings (SSSR count). The Hall–Kier alpha value is -0.969. The van der Waals surface area contributed by atoms with E-state index in [4.69, 9.17) is 23.9 Å². The van der Waals surface area contributed by atoms with Gasteiger partial charge in [-0.2, -0.15) is 0 Å². The van der Waals surface area contributed by atoms with Crippen molar-refractivity contribution in [3.63, 3.8) is 0 Å². The normalized spacial score (nSPS) is 25.1. The van der Waals surface area contributed by atoms with Crippen molar-refractivity contribution in [1.29, 1.82) is 0 Å². The molecule has 2 nitrogen and oxygen atoms in total. The number of fused-ring (bicyclic) bond motifs is 3.